The van der Waals surface area contributed by atoms with Crippen LogP contribution in [0, 0.1) is 5.41 Å². The van der Waals surface area contributed by atoms with E-state index in [0.717, 1.165) is 6.42 Å². The predicted octanol–water partition coefficient (Wildman–Crippen LogP) is 3.31. The number of cyclic esters (lactones) is 1. The average Bonchev–Trinajstić information content (AvgIpc) is 2.96. The van der Waals surface area contributed by atoms with E-state index in [2.05, 4.69) is 26.8 Å². The lowest BCUT2D eigenvalue weighted by molar-refractivity contribution is 0.0498. The lowest BCUT2D eigenvalue weighted by Crippen LogP contribution is -2.37. The first-order valence-electron chi connectivity index (χ1n) is 6.24. The summed E-state index contributed by atoms with van der Waals surface area (Å²) >= 11 is 0. The maximum Gasteiger partial charge on any atom is 0.414 e. The van der Waals surface area contributed by atoms with Crippen molar-refractivity contribution in [2.45, 2.75) is 52.5 Å². The SMILES string of the molecule is CCCCC/C=C1\[C@H]2N1C(=O)OCC2(C)C. The van der Waals surface area contributed by atoms with Gasteiger partial charge in [-0.15, -0.1) is 0 Å². The van der Waals surface area contributed by atoms with Crippen LogP contribution in [0.4, 0.5) is 4.79 Å². The summed E-state index contributed by atoms with van der Waals surface area (Å²) in [4.78, 5) is 13.3. The van der Waals surface area contributed by atoms with Crippen molar-refractivity contribution in [3.8, 4) is 0 Å². The molecule has 0 saturated carbocycles. The highest BCUT2D eigenvalue weighted by atomic mass is 16.6. The third kappa shape index (κ3) is 1.95. The fraction of sp³-hybridized carbons (Fsp3) is 0.769. The molecule has 90 valence electrons. The molecule has 2 fully saturated rings. The molecular weight excluding hydrogens is 202 g/mol. The van der Waals surface area contributed by atoms with Gasteiger partial charge < -0.3 is 4.74 Å². The Balaban J connectivity index is 1.95. The Kier molecular flexibility index (Phi) is 2.96. The fourth-order valence-corrected chi connectivity index (χ4v) is 2.42. The number of unbranched alkanes of at least 4 members (excludes halogenated alkanes) is 3. The van der Waals surface area contributed by atoms with Crippen molar-refractivity contribution in [3.63, 3.8) is 0 Å². The molecule has 2 heterocycles. The molecule has 2 aliphatic rings. The van der Waals surface area contributed by atoms with Crippen LogP contribution in [0.15, 0.2) is 11.8 Å². The minimum Gasteiger partial charge on any atom is -0.448 e. The van der Waals surface area contributed by atoms with Crippen molar-refractivity contribution in [1.29, 1.82) is 0 Å². The highest BCUT2D eigenvalue weighted by molar-refractivity contribution is 5.78. The van der Waals surface area contributed by atoms with E-state index in [1.54, 1.807) is 4.90 Å². The number of carbonyl (C=O) groups excluding carboxylic acids is 1. The van der Waals surface area contributed by atoms with Crippen LogP contribution in [-0.2, 0) is 4.74 Å². The molecule has 1 amide bonds. The molecule has 0 aromatic carbocycles. The highest BCUT2D eigenvalue weighted by Crippen LogP contribution is 2.49. The topological polar surface area (TPSA) is 29.3 Å². The van der Waals surface area contributed by atoms with Gasteiger partial charge in [-0.3, -0.25) is 4.90 Å². The second-order valence-electron chi connectivity index (χ2n) is 5.44. The summed E-state index contributed by atoms with van der Waals surface area (Å²) in [5, 5.41) is 0. The lowest BCUT2D eigenvalue weighted by Gasteiger charge is -2.27. The molecule has 0 aromatic rings. The molecule has 2 rings (SSSR count). The zero-order valence-corrected chi connectivity index (χ0v) is 10.5. The molecule has 0 unspecified atom stereocenters. The number of hydrogen-bond acceptors (Lipinski definition) is 2. The Bertz CT molecular complexity index is 320. The molecule has 16 heavy (non-hydrogen) atoms. The van der Waals surface area contributed by atoms with Crippen LogP contribution in [0.2, 0.25) is 0 Å². The zero-order valence-electron chi connectivity index (χ0n) is 10.5. The van der Waals surface area contributed by atoms with Gasteiger partial charge in [0.2, 0.25) is 0 Å². The lowest BCUT2D eigenvalue weighted by atomic mass is 9.88. The van der Waals surface area contributed by atoms with Crippen molar-refractivity contribution in [2.24, 2.45) is 5.41 Å². The van der Waals surface area contributed by atoms with Crippen molar-refractivity contribution in [3.05, 3.63) is 11.8 Å². The minimum atomic E-state index is -0.161. The maximum atomic E-state index is 11.5. The smallest absolute Gasteiger partial charge is 0.414 e. The number of nitrogens with zero attached hydrogens (tertiary/aromatic N) is 1. The van der Waals surface area contributed by atoms with Crippen molar-refractivity contribution >= 4 is 6.09 Å². The summed E-state index contributed by atoms with van der Waals surface area (Å²) in [5.74, 6) is 0. The fourth-order valence-electron chi connectivity index (χ4n) is 2.42. The van der Waals surface area contributed by atoms with Gasteiger partial charge in [-0.1, -0.05) is 39.7 Å². The van der Waals surface area contributed by atoms with E-state index in [0.29, 0.717) is 12.6 Å². The first-order chi connectivity index (χ1) is 7.58. The van der Waals surface area contributed by atoms with E-state index in [9.17, 15) is 4.79 Å². The van der Waals surface area contributed by atoms with E-state index >= 15 is 0 Å². The first kappa shape index (κ1) is 11.5. The van der Waals surface area contributed by atoms with Crippen LogP contribution >= 0.6 is 0 Å². The summed E-state index contributed by atoms with van der Waals surface area (Å²) < 4.78 is 5.15. The minimum absolute atomic E-state index is 0.0739. The molecular formula is C13H21NO2. The van der Waals surface area contributed by atoms with Crippen molar-refractivity contribution < 1.29 is 9.53 Å². The van der Waals surface area contributed by atoms with E-state index in [-0.39, 0.29) is 11.5 Å². The first-order valence-corrected chi connectivity index (χ1v) is 6.24. The summed E-state index contributed by atoms with van der Waals surface area (Å²) in [7, 11) is 0. The van der Waals surface area contributed by atoms with Crippen molar-refractivity contribution in [1.82, 2.24) is 4.90 Å². The molecule has 2 saturated heterocycles. The molecule has 3 heteroatoms. The van der Waals surface area contributed by atoms with E-state index in [1.165, 1.54) is 25.0 Å². The van der Waals surface area contributed by atoms with Crippen LogP contribution in [-0.4, -0.2) is 23.6 Å². The van der Waals surface area contributed by atoms with Gasteiger partial charge in [-0.2, -0.15) is 0 Å². The Morgan fingerprint density at radius 1 is 1.50 bits per heavy atom. The molecule has 2 aliphatic heterocycles. The van der Waals surface area contributed by atoms with Crippen LogP contribution in [0.1, 0.15) is 46.5 Å². The van der Waals surface area contributed by atoms with Gasteiger partial charge >= 0.3 is 6.09 Å². The Labute approximate surface area is 97.5 Å². The van der Waals surface area contributed by atoms with Gasteiger partial charge in [-0.05, 0) is 12.8 Å². The zero-order chi connectivity index (χ0) is 11.8. The van der Waals surface area contributed by atoms with Gasteiger partial charge in [-0.25, -0.2) is 4.79 Å². The van der Waals surface area contributed by atoms with Gasteiger partial charge in [0.25, 0.3) is 0 Å². The summed E-state index contributed by atoms with van der Waals surface area (Å²) in [6.45, 7) is 7.06. The summed E-state index contributed by atoms with van der Waals surface area (Å²) in [6, 6.07) is 0.301. The van der Waals surface area contributed by atoms with E-state index in [4.69, 9.17) is 4.74 Å². The molecule has 0 aromatic heterocycles. The number of fused-ring (bicyclic) bond motifs is 1. The van der Waals surface area contributed by atoms with Gasteiger partial charge in [0.05, 0.1) is 6.04 Å². The third-order valence-electron chi connectivity index (χ3n) is 3.41. The van der Waals surface area contributed by atoms with E-state index in [1.807, 2.05) is 0 Å². The molecule has 0 radical (unpaired) electrons. The number of allylic oxidation sites excluding steroid dienone is 1. The average molecular weight is 223 g/mol. The van der Waals surface area contributed by atoms with Gasteiger partial charge in [0.1, 0.15) is 6.61 Å². The second kappa shape index (κ2) is 4.11. The van der Waals surface area contributed by atoms with Crippen molar-refractivity contribution in [2.75, 3.05) is 6.61 Å². The maximum absolute atomic E-state index is 11.5. The number of rotatable bonds is 4. The highest BCUT2D eigenvalue weighted by Gasteiger charge is 2.58. The molecule has 0 N–H and O–H groups in total. The molecule has 3 nitrogen and oxygen atoms in total. The molecule has 1 atom stereocenters. The van der Waals surface area contributed by atoms with Crippen LogP contribution in [0.25, 0.3) is 0 Å². The normalized spacial score (nSPS) is 28.9. The van der Waals surface area contributed by atoms with Crippen LogP contribution < -0.4 is 0 Å². The Hall–Kier alpha value is -0.990. The largest absolute Gasteiger partial charge is 0.448 e. The number of amides is 1. The van der Waals surface area contributed by atoms with Crippen LogP contribution in [0.5, 0.6) is 0 Å². The Morgan fingerprint density at radius 3 is 2.88 bits per heavy atom. The summed E-state index contributed by atoms with van der Waals surface area (Å²) in [6.07, 6.45) is 6.86. The number of ether oxygens (including phenoxy) is 1. The van der Waals surface area contributed by atoms with Gasteiger partial charge in [0, 0.05) is 11.1 Å². The van der Waals surface area contributed by atoms with E-state index < -0.39 is 0 Å². The molecule has 0 spiro atoms. The standard InChI is InChI=1S/C13H21NO2/c1-4-5-6-7-8-10-11-13(2,3)9-16-12(15)14(10)11/h8,11H,4-7,9H2,1-3H3/b10-8+/t11-,14?/m1/s1. The number of carbonyl (C=O) groups is 1. The summed E-state index contributed by atoms with van der Waals surface area (Å²) in [5.41, 5.74) is 1.26. The van der Waals surface area contributed by atoms with Gasteiger partial charge in [0.15, 0.2) is 0 Å². The Morgan fingerprint density at radius 2 is 2.25 bits per heavy atom. The number of hydrogen-bond donors (Lipinski definition) is 0. The monoisotopic (exact) mass is 223 g/mol. The molecule has 0 aliphatic carbocycles. The third-order valence-corrected chi connectivity index (χ3v) is 3.41. The van der Waals surface area contributed by atoms with Crippen LogP contribution in [0.3, 0.4) is 0 Å². The molecule has 0 bridgehead atoms. The predicted molar refractivity (Wildman–Crippen MR) is 63.0 cm³/mol. The second-order valence-corrected chi connectivity index (χ2v) is 5.44. The quantitative estimate of drug-likeness (QED) is 0.540.